The van der Waals surface area contributed by atoms with Crippen LogP contribution in [-0.4, -0.2) is 44.2 Å². The number of nitrogens with zero attached hydrogens (tertiary/aromatic N) is 1. The van der Waals surface area contributed by atoms with Crippen LogP contribution in [0.4, 0.5) is 5.69 Å². The quantitative estimate of drug-likeness (QED) is 0.591. The van der Waals surface area contributed by atoms with E-state index < -0.39 is 0 Å². The van der Waals surface area contributed by atoms with Gasteiger partial charge in [0.1, 0.15) is 0 Å². The second-order valence-electron chi connectivity index (χ2n) is 5.61. The number of allylic oxidation sites excluding steroid dienone is 1. The van der Waals surface area contributed by atoms with E-state index in [-0.39, 0.29) is 5.91 Å². The maximum atomic E-state index is 11.6. The Balaban J connectivity index is 1.88. The van der Waals surface area contributed by atoms with E-state index in [2.05, 4.69) is 10.2 Å². The van der Waals surface area contributed by atoms with Gasteiger partial charge in [0.15, 0.2) is 11.5 Å². The number of carbonyl (C=O) groups is 1. The monoisotopic (exact) mass is 318 g/mol. The number of carbonyl (C=O) groups excluding carboxylic acids is 1. The summed E-state index contributed by atoms with van der Waals surface area (Å²) in [5.41, 5.74) is 0.698. The maximum Gasteiger partial charge on any atom is 0.248 e. The lowest BCUT2D eigenvalue weighted by molar-refractivity contribution is -0.111. The van der Waals surface area contributed by atoms with Crippen LogP contribution in [0, 0.1) is 0 Å². The number of likely N-dealkylation sites (tertiary alicyclic amines) is 1. The first-order valence-corrected chi connectivity index (χ1v) is 8.20. The largest absolute Gasteiger partial charge is 0.493 e. The van der Waals surface area contributed by atoms with Gasteiger partial charge in [-0.1, -0.05) is 6.08 Å². The highest BCUT2D eigenvalue weighted by Crippen LogP contribution is 2.30. The molecular formula is C18H26N2O3. The summed E-state index contributed by atoms with van der Waals surface area (Å²) in [5.74, 6) is 1.18. The summed E-state index contributed by atoms with van der Waals surface area (Å²) in [6.45, 7) is 5.92. The standard InChI is InChI=1S/C18H26N2O3/c1-3-7-18(21)19-15-8-9-16(22-2)17(14-15)23-13-6-12-20-10-4-5-11-20/h3,7-9,14H,4-6,10-13H2,1-2H3,(H,19,21)/b7-3+. The SMILES string of the molecule is C/C=C/C(=O)Nc1ccc(OC)c(OCCCN2CCCC2)c1. The molecule has 1 aromatic rings. The van der Waals surface area contributed by atoms with E-state index in [1.54, 1.807) is 31.4 Å². The van der Waals surface area contributed by atoms with Crippen LogP contribution in [0.15, 0.2) is 30.4 Å². The fourth-order valence-electron chi connectivity index (χ4n) is 2.68. The molecule has 2 rings (SSSR count). The molecule has 126 valence electrons. The van der Waals surface area contributed by atoms with Crippen molar-refractivity contribution in [2.24, 2.45) is 0 Å². The van der Waals surface area contributed by atoms with Crippen molar-refractivity contribution in [1.82, 2.24) is 4.90 Å². The van der Waals surface area contributed by atoms with Crippen LogP contribution in [0.3, 0.4) is 0 Å². The third-order valence-electron chi connectivity index (χ3n) is 3.82. The van der Waals surface area contributed by atoms with Gasteiger partial charge in [-0.15, -0.1) is 0 Å². The Hall–Kier alpha value is -2.01. The lowest BCUT2D eigenvalue weighted by Crippen LogP contribution is -2.22. The molecule has 1 aliphatic heterocycles. The normalized spacial score (nSPS) is 15.0. The van der Waals surface area contributed by atoms with Crippen molar-refractivity contribution in [3.63, 3.8) is 0 Å². The first-order chi connectivity index (χ1) is 11.2. The lowest BCUT2D eigenvalue weighted by atomic mass is 10.2. The molecular weight excluding hydrogens is 292 g/mol. The lowest BCUT2D eigenvalue weighted by Gasteiger charge is -2.16. The van der Waals surface area contributed by atoms with E-state index in [1.165, 1.54) is 32.0 Å². The van der Waals surface area contributed by atoms with Crippen LogP contribution < -0.4 is 14.8 Å². The highest BCUT2D eigenvalue weighted by Gasteiger charge is 2.11. The Bertz CT molecular complexity index is 537. The second-order valence-corrected chi connectivity index (χ2v) is 5.61. The molecule has 5 heteroatoms. The third-order valence-corrected chi connectivity index (χ3v) is 3.82. The Morgan fingerprint density at radius 1 is 1.30 bits per heavy atom. The molecule has 0 aromatic heterocycles. The van der Waals surface area contributed by atoms with Crippen LogP contribution in [-0.2, 0) is 4.79 Å². The summed E-state index contributed by atoms with van der Waals surface area (Å²) in [4.78, 5) is 14.1. The van der Waals surface area contributed by atoms with E-state index in [9.17, 15) is 4.79 Å². The third kappa shape index (κ3) is 5.60. The Morgan fingerprint density at radius 2 is 2.09 bits per heavy atom. The number of nitrogens with one attached hydrogen (secondary N) is 1. The first-order valence-electron chi connectivity index (χ1n) is 8.20. The van der Waals surface area contributed by atoms with Crippen molar-refractivity contribution in [3.05, 3.63) is 30.4 Å². The van der Waals surface area contributed by atoms with E-state index in [1.807, 2.05) is 6.92 Å². The molecule has 1 heterocycles. The van der Waals surface area contributed by atoms with Crippen LogP contribution in [0.25, 0.3) is 0 Å². The van der Waals surface area contributed by atoms with Crippen LogP contribution in [0.5, 0.6) is 11.5 Å². The van der Waals surface area contributed by atoms with E-state index >= 15 is 0 Å². The van der Waals surface area contributed by atoms with E-state index in [0.29, 0.717) is 23.8 Å². The summed E-state index contributed by atoms with van der Waals surface area (Å²) in [6, 6.07) is 5.41. The summed E-state index contributed by atoms with van der Waals surface area (Å²) < 4.78 is 11.2. The zero-order valence-electron chi connectivity index (χ0n) is 14.0. The molecule has 0 aliphatic carbocycles. The first kappa shape index (κ1) is 17.3. The summed E-state index contributed by atoms with van der Waals surface area (Å²) in [5, 5.41) is 2.80. The summed E-state index contributed by atoms with van der Waals surface area (Å²) in [7, 11) is 1.62. The van der Waals surface area contributed by atoms with Gasteiger partial charge in [-0.3, -0.25) is 4.79 Å². The van der Waals surface area contributed by atoms with Gasteiger partial charge >= 0.3 is 0 Å². The number of hydrogen-bond acceptors (Lipinski definition) is 4. The average molecular weight is 318 g/mol. The topological polar surface area (TPSA) is 50.8 Å². The number of ether oxygens (including phenoxy) is 2. The molecule has 1 saturated heterocycles. The number of amides is 1. The van der Waals surface area contributed by atoms with Crippen LogP contribution in [0.1, 0.15) is 26.2 Å². The zero-order valence-corrected chi connectivity index (χ0v) is 14.0. The fourth-order valence-corrected chi connectivity index (χ4v) is 2.68. The maximum absolute atomic E-state index is 11.6. The molecule has 0 atom stereocenters. The summed E-state index contributed by atoms with van der Waals surface area (Å²) >= 11 is 0. The highest BCUT2D eigenvalue weighted by atomic mass is 16.5. The molecule has 1 amide bonds. The van der Waals surface area contributed by atoms with Gasteiger partial charge in [-0.25, -0.2) is 0 Å². The van der Waals surface area contributed by atoms with Crippen LogP contribution >= 0.6 is 0 Å². The smallest absolute Gasteiger partial charge is 0.248 e. The average Bonchev–Trinajstić information content (AvgIpc) is 3.05. The van der Waals surface area contributed by atoms with Crippen molar-refractivity contribution in [2.75, 3.05) is 38.7 Å². The Morgan fingerprint density at radius 3 is 2.78 bits per heavy atom. The minimum absolute atomic E-state index is 0.155. The number of anilines is 1. The zero-order chi connectivity index (χ0) is 16.5. The highest BCUT2D eigenvalue weighted by molar-refractivity contribution is 5.99. The van der Waals surface area contributed by atoms with Crippen molar-refractivity contribution in [3.8, 4) is 11.5 Å². The molecule has 1 aromatic carbocycles. The van der Waals surface area contributed by atoms with Crippen molar-refractivity contribution >= 4 is 11.6 Å². The van der Waals surface area contributed by atoms with Gasteiger partial charge in [-0.05, 0) is 57.5 Å². The number of hydrogen-bond donors (Lipinski definition) is 1. The van der Waals surface area contributed by atoms with E-state index in [4.69, 9.17) is 9.47 Å². The van der Waals surface area contributed by atoms with Gasteiger partial charge < -0.3 is 19.7 Å². The van der Waals surface area contributed by atoms with Crippen molar-refractivity contribution in [2.45, 2.75) is 26.2 Å². The van der Waals surface area contributed by atoms with Gasteiger partial charge in [0, 0.05) is 18.3 Å². The fraction of sp³-hybridized carbons (Fsp3) is 0.500. The number of rotatable bonds is 8. The van der Waals surface area contributed by atoms with Gasteiger partial charge in [0.05, 0.1) is 13.7 Å². The molecule has 0 spiro atoms. The second kappa shape index (κ2) is 9.20. The van der Waals surface area contributed by atoms with Crippen molar-refractivity contribution in [1.29, 1.82) is 0 Å². The molecule has 0 radical (unpaired) electrons. The molecule has 23 heavy (non-hydrogen) atoms. The number of benzene rings is 1. The van der Waals surface area contributed by atoms with Gasteiger partial charge in [-0.2, -0.15) is 0 Å². The Kier molecular flexibility index (Phi) is 6.94. The molecule has 1 N–H and O–H groups in total. The molecule has 1 aliphatic rings. The summed E-state index contributed by atoms with van der Waals surface area (Å²) in [6.07, 6.45) is 6.79. The molecule has 0 unspecified atom stereocenters. The van der Waals surface area contributed by atoms with Gasteiger partial charge in [0.2, 0.25) is 5.91 Å². The minimum Gasteiger partial charge on any atom is -0.493 e. The van der Waals surface area contributed by atoms with E-state index in [0.717, 1.165) is 13.0 Å². The molecule has 1 fully saturated rings. The van der Waals surface area contributed by atoms with Gasteiger partial charge in [0.25, 0.3) is 0 Å². The Labute approximate surface area is 138 Å². The molecule has 5 nitrogen and oxygen atoms in total. The predicted octanol–water partition coefficient (Wildman–Crippen LogP) is 3.07. The predicted molar refractivity (Wildman–Crippen MR) is 92.2 cm³/mol. The molecule has 0 saturated carbocycles. The number of methoxy groups -OCH3 is 1. The molecule has 0 bridgehead atoms. The van der Waals surface area contributed by atoms with Crippen molar-refractivity contribution < 1.29 is 14.3 Å². The van der Waals surface area contributed by atoms with Crippen LogP contribution in [0.2, 0.25) is 0 Å². The minimum atomic E-state index is -0.155.